The van der Waals surface area contributed by atoms with Gasteiger partial charge in [-0.2, -0.15) is 0 Å². The van der Waals surface area contributed by atoms with Gasteiger partial charge in [0.25, 0.3) is 5.75 Å². The van der Waals surface area contributed by atoms with Crippen molar-refractivity contribution >= 4 is 53.9 Å². The molecule has 1 aliphatic carbocycles. The maximum absolute atomic E-state index is 9.05. The van der Waals surface area contributed by atoms with Crippen molar-refractivity contribution in [2.75, 3.05) is 38.0 Å². The summed E-state index contributed by atoms with van der Waals surface area (Å²) in [6, 6.07) is 30.5. The van der Waals surface area contributed by atoms with Gasteiger partial charge in [0.05, 0.1) is 6.07 Å². The number of hydrogen-bond donors (Lipinski definition) is 0. The number of ether oxygens (including phenoxy) is 1. The Balaban J connectivity index is 1.49. The van der Waals surface area contributed by atoms with Crippen LogP contribution in [0.1, 0.15) is 66.5 Å². The fourth-order valence-corrected chi connectivity index (χ4v) is 8.15. The zero-order chi connectivity index (χ0) is 37.5. The van der Waals surface area contributed by atoms with Crippen molar-refractivity contribution < 1.29 is 9.84 Å². The van der Waals surface area contributed by atoms with Crippen LogP contribution in [0.2, 0.25) is 0 Å². The normalized spacial score (nSPS) is 16.2. The van der Waals surface area contributed by atoms with E-state index < -0.39 is 0 Å². The fraction of sp³-hybridized carbons (Fsp3) is 0.250. The first-order chi connectivity index (χ1) is 25.6. The van der Waals surface area contributed by atoms with Gasteiger partial charge >= 0.3 is 239 Å². The summed E-state index contributed by atoms with van der Waals surface area (Å²) < 4.78 is 7.30. The minimum atomic E-state index is 0.536. The molecule has 4 aromatic rings. The molecule has 0 saturated carbocycles. The van der Waals surface area contributed by atoms with Crippen LogP contribution in [0, 0.1) is 0 Å². The second-order valence-corrected chi connectivity index (χ2v) is 16.2. The molecule has 4 nitrogen and oxygen atoms in total. The van der Waals surface area contributed by atoms with Gasteiger partial charge in [0, 0.05) is 19.8 Å². The van der Waals surface area contributed by atoms with Crippen LogP contribution in [0.5, 0.6) is 11.5 Å². The summed E-state index contributed by atoms with van der Waals surface area (Å²) in [5.74, 6) is 1.47. The Hall–Kier alpha value is -4.56. The number of hydrogen-bond acceptors (Lipinski definition) is 3. The van der Waals surface area contributed by atoms with E-state index in [2.05, 4.69) is 153 Å². The van der Waals surface area contributed by atoms with Crippen LogP contribution in [0.3, 0.4) is 0 Å². The second-order valence-electron chi connectivity index (χ2n) is 14.3. The van der Waals surface area contributed by atoms with Crippen LogP contribution < -0.4 is 14.5 Å². The standard InChI is InChI=1S/C48H51N2O2.Pb/c1-7-34-29-35(8-2)31-41(30-34)48-39(15-12-16-40(48)22-20-38-27-28-52-47-33-43(50(5)6)24-26-45(38)47)21-19-37(18-17-36-13-10-9-11-14-36)44-25-23-42(49(3)4)32-46(44)51;/h9-11,13-14,18-27,29-33,51H,7-8,12,15-17H2,1-6H3;/p+1/b21-19+,37-18-,38-20+,40-22+;. The number of anilines is 2. The van der Waals surface area contributed by atoms with Crippen molar-refractivity contribution in [3.63, 3.8) is 0 Å². The molecule has 0 unspecified atom stereocenters. The molecule has 0 atom stereocenters. The number of nitrogens with zero attached hydrogens (tertiary/aromatic N) is 2. The molecule has 269 valence electrons. The third-order valence-corrected chi connectivity index (χ3v) is 11.1. The topological polar surface area (TPSA) is 38.6 Å². The Kier molecular flexibility index (Phi) is 12.6. The van der Waals surface area contributed by atoms with Crippen molar-refractivity contribution in [2.24, 2.45) is 0 Å². The molecule has 0 aromatic heterocycles. The maximum atomic E-state index is 9.05. The number of benzene rings is 4. The monoisotopic (exact) mass is 896 g/mol. The number of rotatable bonds is 11. The molecule has 1 heterocycles. The van der Waals surface area contributed by atoms with Gasteiger partial charge in [0.2, 0.25) is 0 Å². The predicted octanol–water partition coefficient (Wildman–Crippen LogP) is 10.6. The van der Waals surface area contributed by atoms with E-state index in [1.807, 2.05) is 20.2 Å². The van der Waals surface area contributed by atoms with Gasteiger partial charge in [-0.3, -0.25) is 0 Å². The first-order valence-corrected chi connectivity index (χ1v) is 20.7. The molecule has 53 heavy (non-hydrogen) atoms. The molecule has 0 bridgehead atoms. The third-order valence-electron chi connectivity index (χ3n) is 10.2. The predicted molar refractivity (Wildman–Crippen MR) is 228 cm³/mol. The van der Waals surface area contributed by atoms with E-state index in [4.69, 9.17) is 9.84 Å². The Morgan fingerprint density at radius 1 is 0.792 bits per heavy atom. The number of fused-ring (bicyclic) bond motifs is 1. The fourth-order valence-electron chi connectivity index (χ4n) is 7.11. The molecule has 2 N–H and O–H groups in total. The first-order valence-electron chi connectivity index (χ1n) is 18.8. The molecular formula is C48H52N2O2Pb+. The van der Waals surface area contributed by atoms with Crippen molar-refractivity contribution in [3.05, 3.63) is 169 Å². The van der Waals surface area contributed by atoms with Crippen molar-refractivity contribution in [1.82, 2.24) is 0 Å². The molecule has 0 saturated heterocycles. The summed E-state index contributed by atoms with van der Waals surface area (Å²) in [4.78, 5) is 4.18. The van der Waals surface area contributed by atoms with Crippen LogP contribution >= 0.6 is 0 Å². The molecule has 0 amide bonds. The van der Waals surface area contributed by atoms with Crippen LogP contribution in [-0.4, -0.2) is 59.1 Å². The molecule has 4 aromatic carbocycles. The average molecular weight is 896 g/mol. The van der Waals surface area contributed by atoms with E-state index in [-0.39, 0.29) is 0 Å². The van der Waals surface area contributed by atoms with Crippen molar-refractivity contribution in [2.45, 2.75) is 52.4 Å². The first kappa shape index (κ1) is 38.2. The minimum absolute atomic E-state index is 0.536. The van der Waals surface area contributed by atoms with Gasteiger partial charge in [0.15, 0.2) is 0 Å². The van der Waals surface area contributed by atoms with E-state index in [0.29, 0.717) is 5.75 Å². The number of allylic oxidation sites excluding steroid dienone is 11. The summed E-state index contributed by atoms with van der Waals surface area (Å²) in [7, 11) is 8.19. The summed E-state index contributed by atoms with van der Waals surface area (Å²) in [5, 5.41) is 9.05. The zero-order valence-electron chi connectivity index (χ0n) is 32.1. The Labute approximate surface area is 332 Å². The SMILES string of the molecule is CCc1cc(CC)cc(C2=C(/C=C/C(=C/Cc3ccccc3)c3ccc(N(C)C)cc3[OH2+])CCC/C2=C\C=C2/C=[C]([Pb])Oc3cc(N(C)C)ccc32)c1. The van der Waals surface area contributed by atoms with E-state index >= 15 is 0 Å². The zero-order valence-corrected chi connectivity index (χ0v) is 36.0. The quantitative estimate of drug-likeness (QED) is 0.0855. The van der Waals surface area contributed by atoms with E-state index in [0.717, 1.165) is 101 Å². The van der Waals surface area contributed by atoms with Crippen LogP contribution in [0.15, 0.2) is 136 Å². The van der Waals surface area contributed by atoms with E-state index in [9.17, 15) is 0 Å². The molecule has 2 aliphatic rings. The van der Waals surface area contributed by atoms with Crippen LogP contribution in [0.25, 0.3) is 16.7 Å². The molecule has 5 heteroatoms. The molecule has 6 rings (SSSR count). The Morgan fingerprint density at radius 3 is 2.17 bits per heavy atom. The van der Waals surface area contributed by atoms with Gasteiger partial charge in [-0.25, -0.2) is 0 Å². The van der Waals surface area contributed by atoms with Gasteiger partial charge in [-0.1, -0.05) is 30.3 Å². The third kappa shape index (κ3) is 9.34. The summed E-state index contributed by atoms with van der Waals surface area (Å²) >= 11 is 0.841. The van der Waals surface area contributed by atoms with Gasteiger partial charge in [-0.15, -0.1) is 0 Å². The van der Waals surface area contributed by atoms with E-state index in [1.54, 1.807) is 0 Å². The van der Waals surface area contributed by atoms with E-state index in [1.165, 1.54) is 44.5 Å². The van der Waals surface area contributed by atoms with Gasteiger partial charge in [0.1, 0.15) is 0 Å². The van der Waals surface area contributed by atoms with Crippen molar-refractivity contribution in [1.29, 1.82) is 0 Å². The van der Waals surface area contributed by atoms with Gasteiger partial charge in [-0.05, 0) is 24.1 Å². The summed E-state index contributed by atoms with van der Waals surface area (Å²) in [5.41, 5.74) is 15.9. The Morgan fingerprint density at radius 2 is 1.49 bits per heavy atom. The summed E-state index contributed by atoms with van der Waals surface area (Å²) in [6.45, 7) is 4.50. The second kappa shape index (κ2) is 17.5. The summed E-state index contributed by atoms with van der Waals surface area (Å²) in [6.07, 6.45) is 19.7. The average Bonchev–Trinajstić information content (AvgIpc) is 3.16. The molecular weight excluding hydrogens is 844 g/mol. The van der Waals surface area contributed by atoms with Crippen LogP contribution in [-0.2, 0) is 19.3 Å². The van der Waals surface area contributed by atoms with Crippen LogP contribution in [0.4, 0.5) is 11.4 Å². The molecule has 0 spiro atoms. The Bertz CT molecular complexity index is 2130. The number of aryl methyl sites for hydroxylation is 2. The molecule has 0 fully saturated rings. The molecule has 1 aliphatic heterocycles. The van der Waals surface area contributed by atoms with Gasteiger partial charge < -0.3 is 10.0 Å². The van der Waals surface area contributed by atoms with Crippen molar-refractivity contribution in [3.8, 4) is 11.5 Å². The molecule has 3 radical (unpaired) electrons.